The summed E-state index contributed by atoms with van der Waals surface area (Å²) in [5.41, 5.74) is -1.85. The highest BCUT2D eigenvalue weighted by Gasteiger charge is 2.34. The Balaban J connectivity index is 2.12. The standard InChI is InChI=1S/C18H9ClF6N2/c19-13-7-3-11(4-8-13)16-26-14(9-15(27-16)18(23,24)25)10-1-5-12(6-2-10)17(20,21)22/h1-9H. The van der Waals surface area contributed by atoms with E-state index in [0.717, 1.165) is 24.3 Å². The fraction of sp³-hybridized carbons (Fsp3) is 0.111. The van der Waals surface area contributed by atoms with Gasteiger partial charge < -0.3 is 0 Å². The molecule has 0 amide bonds. The van der Waals surface area contributed by atoms with E-state index in [4.69, 9.17) is 11.6 Å². The summed E-state index contributed by atoms with van der Waals surface area (Å²) in [6.07, 6.45) is -9.29. The number of nitrogens with zero attached hydrogens (tertiary/aromatic N) is 2. The molecule has 0 atom stereocenters. The molecule has 1 aromatic heterocycles. The lowest BCUT2D eigenvalue weighted by Gasteiger charge is -2.12. The highest BCUT2D eigenvalue weighted by Crippen LogP contribution is 2.34. The zero-order chi connectivity index (χ0) is 19.8. The third-order valence-electron chi connectivity index (χ3n) is 3.63. The van der Waals surface area contributed by atoms with E-state index in [1.165, 1.54) is 24.3 Å². The third kappa shape index (κ3) is 4.39. The molecule has 0 fully saturated rings. The maximum absolute atomic E-state index is 13.2. The Morgan fingerprint density at radius 3 is 1.74 bits per heavy atom. The number of aromatic nitrogens is 2. The van der Waals surface area contributed by atoms with E-state index in [9.17, 15) is 26.3 Å². The minimum Gasteiger partial charge on any atom is -0.228 e. The monoisotopic (exact) mass is 402 g/mol. The van der Waals surface area contributed by atoms with Gasteiger partial charge in [-0.3, -0.25) is 0 Å². The molecule has 0 N–H and O–H groups in total. The summed E-state index contributed by atoms with van der Waals surface area (Å²) in [4.78, 5) is 7.60. The second kappa shape index (κ2) is 6.84. The van der Waals surface area contributed by atoms with Gasteiger partial charge in [0.1, 0.15) is 5.69 Å². The van der Waals surface area contributed by atoms with Crippen LogP contribution >= 0.6 is 11.6 Å². The Morgan fingerprint density at radius 2 is 1.22 bits per heavy atom. The normalized spacial score (nSPS) is 12.3. The van der Waals surface area contributed by atoms with Crippen molar-refractivity contribution in [3.63, 3.8) is 0 Å². The molecule has 0 saturated carbocycles. The molecule has 0 aliphatic rings. The molecule has 27 heavy (non-hydrogen) atoms. The van der Waals surface area contributed by atoms with Crippen molar-refractivity contribution in [1.29, 1.82) is 0 Å². The largest absolute Gasteiger partial charge is 0.433 e. The predicted octanol–water partition coefficient (Wildman–Crippen LogP) is 6.50. The Hall–Kier alpha value is -2.61. The summed E-state index contributed by atoms with van der Waals surface area (Å²) in [6.45, 7) is 0. The summed E-state index contributed by atoms with van der Waals surface area (Å²) >= 11 is 5.77. The number of benzene rings is 2. The average molecular weight is 403 g/mol. The van der Waals surface area contributed by atoms with Crippen LogP contribution in [0.4, 0.5) is 26.3 Å². The number of rotatable bonds is 2. The zero-order valence-electron chi connectivity index (χ0n) is 13.2. The Kier molecular flexibility index (Phi) is 4.86. The molecule has 0 bridgehead atoms. The van der Waals surface area contributed by atoms with Crippen LogP contribution in [-0.4, -0.2) is 9.97 Å². The highest BCUT2D eigenvalue weighted by atomic mass is 35.5. The van der Waals surface area contributed by atoms with Gasteiger partial charge in [-0.2, -0.15) is 26.3 Å². The lowest BCUT2D eigenvalue weighted by Crippen LogP contribution is -2.10. The van der Waals surface area contributed by atoms with Crippen molar-refractivity contribution in [3.8, 4) is 22.6 Å². The van der Waals surface area contributed by atoms with Gasteiger partial charge in [0.25, 0.3) is 0 Å². The van der Waals surface area contributed by atoms with Crippen molar-refractivity contribution in [1.82, 2.24) is 9.97 Å². The van der Waals surface area contributed by atoms with Gasteiger partial charge in [-0.05, 0) is 42.5 Å². The zero-order valence-corrected chi connectivity index (χ0v) is 14.0. The molecule has 140 valence electrons. The van der Waals surface area contributed by atoms with Crippen molar-refractivity contribution in [2.24, 2.45) is 0 Å². The van der Waals surface area contributed by atoms with E-state index in [0.29, 0.717) is 16.7 Å². The van der Waals surface area contributed by atoms with Gasteiger partial charge in [-0.25, -0.2) is 9.97 Å². The minimum absolute atomic E-state index is 0.103. The maximum atomic E-state index is 13.2. The van der Waals surface area contributed by atoms with Crippen LogP contribution in [0.3, 0.4) is 0 Å². The fourth-order valence-corrected chi connectivity index (χ4v) is 2.42. The number of hydrogen-bond acceptors (Lipinski definition) is 2. The molecule has 0 aliphatic carbocycles. The van der Waals surface area contributed by atoms with Gasteiger partial charge in [-0.15, -0.1) is 0 Å². The van der Waals surface area contributed by atoms with Gasteiger partial charge in [0.05, 0.1) is 11.3 Å². The van der Waals surface area contributed by atoms with Gasteiger partial charge in [0.15, 0.2) is 5.82 Å². The van der Waals surface area contributed by atoms with Crippen molar-refractivity contribution < 1.29 is 26.3 Å². The van der Waals surface area contributed by atoms with Crippen LogP contribution in [-0.2, 0) is 12.4 Å². The Bertz CT molecular complexity index is 948. The summed E-state index contributed by atoms with van der Waals surface area (Å²) in [6, 6.07) is 10.2. The van der Waals surface area contributed by atoms with Crippen molar-refractivity contribution in [3.05, 3.63) is 70.9 Å². The molecule has 3 rings (SSSR count). The molecular formula is C18H9ClF6N2. The first-order valence-corrected chi connectivity index (χ1v) is 7.82. The molecule has 0 radical (unpaired) electrons. The van der Waals surface area contributed by atoms with Crippen LogP contribution in [0.25, 0.3) is 22.6 Å². The lowest BCUT2D eigenvalue weighted by molar-refractivity contribution is -0.141. The second-order valence-corrected chi connectivity index (χ2v) is 5.98. The number of hydrogen-bond donors (Lipinski definition) is 0. The van der Waals surface area contributed by atoms with E-state index < -0.39 is 23.6 Å². The van der Waals surface area contributed by atoms with E-state index in [2.05, 4.69) is 9.97 Å². The smallest absolute Gasteiger partial charge is 0.228 e. The van der Waals surface area contributed by atoms with Gasteiger partial charge >= 0.3 is 12.4 Å². The molecule has 0 spiro atoms. The Morgan fingerprint density at radius 1 is 0.667 bits per heavy atom. The predicted molar refractivity (Wildman–Crippen MR) is 87.9 cm³/mol. The van der Waals surface area contributed by atoms with Crippen LogP contribution in [0.2, 0.25) is 5.02 Å². The highest BCUT2D eigenvalue weighted by molar-refractivity contribution is 6.30. The van der Waals surface area contributed by atoms with Crippen LogP contribution in [0.1, 0.15) is 11.3 Å². The van der Waals surface area contributed by atoms with Gasteiger partial charge in [0.2, 0.25) is 0 Å². The molecule has 2 aromatic carbocycles. The van der Waals surface area contributed by atoms with Crippen molar-refractivity contribution >= 4 is 11.6 Å². The van der Waals surface area contributed by atoms with Crippen LogP contribution < -0.4 is 0 Å². The van der Waals surface area contributed by atoms with Gasteiger partial charge in [-0.1, -0.05) is 23.7 Å². The molecule has 0 saturated heterocycles. The first-order valence-electron chi connectivity index (χ1n) is 7.44. The van der Waals surface area contributed by atoms with Crippen molar-refractivity contribution in [2.75, 3.05) is 0 Å². The first-order chi connectivity index (χ1) is 12.5. The van der Waals surface area contributed by atoms with Crippen molar-refractivity contribution in [2.45, 2.75) is 12.4 Å². The number of halogens is 7. The van der Waals surface area contributed by atoms with E-state index in [1.807, 2.05) is 0 Å². The van der Waals surface area contributed by atoms with Crippen LogP contribution in [0, 0.1) is 0 Å². The average Bonchev–Trinajstić information content (AvgIpc) is 2.60. The van der Waals surface area contributed by atoms with E-state index in [-0.39, 0.29) is 17.1 Å². The van der Waals surface area contributed by atoms with Crippen LogP contribution in [0.15, 0.2) is 54.6 Å². The molecule has 2 nitrogen and oxygen atoms in total. The lowest BCUT2D eigenvalue weighted by atomic mass is 10.1. The molecule has 3 aromatic rings. The molecule has 1 heterocycles. The topological polar surface area (TPSA) is 25.8 Å². The van der Waals surface area contributed by atoms with E-state index in [1.54, 1.807) is 0 Å². The summed E-state index contributed by atoms with van der Waals surface area (Å²) in [5.74, 6) is -0.212. The summed E-state index contributed by atoms with van der Waals surface area (Å²) in [5, 5.41) is 0.383. The minimum atomic E-state index is -4.75. The van der Waals surface area contributed by atoms with E-state index >= 15 is 0 Å². The van der Waals surface area contributed by atoms with Gasteiger partial charge in [0, 0.05) is 16.1 Å². The maximum Gasteiger partial charge on any atom is 0.433 e. The third-order valence-corrected chi connectivity index (χ3v) is 3.88. The fourth-order valence-electron chi connectivity index (χ4n) is 2.30. The summed E-state index contributed by atoms with van der Waals surface area (Å²) in [7, 11) is 0. The second-order valence-electron chi connectivity index (χ2n) is 5.54. The molecular weight excluding hydrogens is 394 g/mol. The summed E-state index contributed by atoms with van der Waals surface area (Å²) < 4.78 is 77.6. The molecule has 0 aliphatic heterocycles. The SMILES string of the molecule is FC(F)(F)c1ccc(-c2cc(C(F)(F)F)nc(-c3ccc(Cl)cc3)n2)cc1. The molecule has 0 unspecified atom stereocenters. The Labute approximate surface area is 154 Å². The quantitative estimate of drug-likeness (QED) is 0.457. The molecule has 9 heteroatoms. The first kappa shape index (κ1) is 19.2. The number of alkyl halides is 6. The van der Waals surface area contributed by atoms with Crippen LogP contribution in [0.5, 0.6) is 0 Å².